The molecule has 1 aliphatic carbocycles. The van der Waals surface area contributed by atoms with Crippen molar-refractivity contribution in [2.45, 2.75) is 31.8 Å². The lowest BCUT2D eigenvalue weighted by atomic mass is 10.3. The van der Waals surface area contributed by atoms with Crippen LogP contribution in [-0.4, -0.2) is 15.3 Å². The number of terminal acetylenes is 1. The summed E-state index contributed by atoms with van der Waals surface area (Å²) in [5.41, 5.74) is 0.653. The molecule has 5 heteroatoms. The largest absolute Gasteiger partial charge is 0.378 e. The molecular weight excluding hydrogens is 270 g/mol. The van der Waals surface area contributed by atoms with Crippen LogP contribution in [0.5, 0.6) is 0 Å². The van der Waals surface area contributed by atoms with E-state index in [-0.39, 0.29) is 17.6 Å². The van der Waals surface area contributed by atoms with E-state index in [9.17, 15) is 4.79 Å². The molecule has 0 radical (unpaired) electrons. The van der Waals surface area contributed by atoms with E-state index in [2.05, 4.69) is 39.2 Å². The average Bonchev–Trinajstić information content (AvgIpc) is 2.97. The maximum absolute atomic E-state index is 11.8. The zero-order valence-corrected chi connectivity index (χ0v) is 10.5. The van der Waals surface area contributed by atoms with E-state index in [1.807, 2.05) is 0 Å². The summed E-state index contributed by atoms with van der Waals surface area (Å²) >= 11 is 3.28. The summed E-state index contributed by atoms with van der Waals surface area (Å²) in [5.74, 6) is 2.39. The van der Waals surface area contributed by atoms with E-state index in [4.69, 9.17) is 6.42 Å². The van der Waals surface area contributed by atoms with Crippen molar-refractivity contribution < 1.29 is 0 Å². The van der Waals surface area contributed by atoms with Crippen LogP contribution < -0.4 is 10.9 Å². The standard InChI is InChI=1S/C11H12BrN3O/c1-3-6-15-10(16)9(12)8(7-13-15)14-11(2)4-5-11/h1,7,14H,4-6H2,2H3. The van der Waals surface area contributed by atoms with Gasteiger partial charge in [0.1, 0.15) is 11.0 Å². The van der Waals surface area contributed by atoms with Crippen LogP contribution in [0.1, 0.15) is 19.8 Å². The van der Waals surface area contributed by atoms with Crippen molar-refractivity contribution in [3.05, 3.63) is 21.0 Å². The van der Waals surface area contributed by atoms with Gasteiger partial charge in [-0.2, -0.15) is 5.10 Å². The molecule has 0 atom stereocenters. The van der Waals surface area contributed by atoms with Crippen LogP contribution >= 0.6 is 15.9 Å². The first kappa shape index (κ1) is 11.2. The molecule has 0 amide bonds. The Morgan fingerprint density at radius 3 is 3.00 bits per heavy atom. The van der Waals surface area contributed by atoms with Crippen molar-refractivity contribution in [3.8, 4) is 12.3 Å². The number of rotatable bonds is 3. The van der Waals surface area contributed by atoms with Crippen molar-refractivity contribution in [2.24, 2.45) is 0 Å². The predicted octanol–water partition coefficient (Wildman–Crippen LogP) is 1.60. The van der Waals surface area contributed by atoms with E-state index in [0.717, 1.165) is 18.5 Å². The van der Waals surface area contributed by atoms with Crippen LogP contribution in [0.15, 0.2) is 15.5 Å². The summed E-state index contributed by atoms with van der Waals surface area (Å²) in [6.07, 6.45) is 9.02. The zero-order valence-electron chi connectivity index (χ0n) is 8.96. The number of anilines is 1. The first-order valence-electron chi connectivity index (χ1n) is 5.03. The molecule has 0 aromatic carbocycles. The summed E-state index contributed by atoms with van der Waals surface area (Å²) in [6, 6.07) is 0. The van der Waals surface area contributed by atoms with Gasteiger partial charge >= 0.3 is 0 Å². The highest BCUT2D eigenvalue weighted by Crippen LogP contribution is 2.38. The lowest BCUT2D eigenvalue weighted by Crippen LogP contribution is -2.26. The van der Waals surface area contributed by atoms with Crippen LogP contribution in [-0.2, 0) is 6.54 Å². The van der Waals surface area contributed by atoms with Gasteiger partial charge < -0.3 is 5.32 Å². The highest BCUT2D eigenvalue weighted by molar-refractivity contribution is 9.10. The Hall–Kier alpha value is -1.28. The number of nitrogens with one attached hydrogen (secondary N) is 1. The molecule has 0 unspecified atom stereocenters. The minimum Gasteiger partial charge on any atom is -0.378 e. The maximum atomic E-state index is 11.8. The molecule has 2 rings (SSSR count). The van der Waals surface area contributed by atoms with Crippen LogP contribution in [0, 0.1) is 12.3 Å². The van der Waals surface area contributed by atoms with E-state index in [1.54, 1.807) is 6.20 Å². The quantitative estimate of drug-likeness (QED) is 0.857. The van der Waals surface area contributed by atoms with Gasteiger partial charge in [0.15, 0.2) is 0 Å². The summed E-state index contributed by atoms with van der Waals surface area (Å²) < 4.78 is 1.75. The molecule has 16 heavy (non-hydrogen) atoms. The van der Waals surface area contributed by atoms with Crippen molar-refractivity contribution in [1.29, 1.82) is 0 Å². The molecule has 1 aromatic heterocycles. The van der Waals surface area contributed by atoms with Gasteiger partial charge in [0.25, 0.3) is 5.56 Å². The van der Waals surface area contributed by atoms with Crippen LogP contribution in [0.25, 0.3) is 0 Å². The Labute approximate surface area is 102 Å². The number of halogens is 1. The summed E-state index contributed by atoms with van der Waals surface area (Å²) in [4.78, 5) is 11.8. The summed E-state index contributed by atoms with van der Waals surface area (Å²) in [7, 11) is 0. The first-order valence-corrected chi connectivity index (χ1v) is 5.82. The molecule has 1 heterocycles. The molecule has 1 N–H and O–H groups in total. The van der Waals surface area contributed by atoms with E-state index in [0.29, 0.717) is 4.47 Å². The molecule has 1 saturated carbocycles. The molecule has 84 valence electrons. The van der Waals surface area contributed by atoms with Gasteiger partial charge in [-0.3, -0.25) is 4.79 Å². The second kappa shape index (κ2) is 3.95. The number of aromatic nitrogens is 2. The van der Waals surface area contributed by atoms with E-state index in [1.165, 1.54) is 4.68 Å². The van der Waals surface area contributed by atoms with E-state index < -0.39 is 0 Å². The molecule has 0 aliphatic heterocycles. The normalized spacial score (nSPS) is 16.6. The van der Waals surface area contributed by atoms with Crippen molar-refractivity contribution >= 4 is 21.6 Å². The Morgan fingerprint density at radius 1 is 1.75 bits per heavy atom. The Bertz CT molecular complexity index is 511. The topological polar surface area (TPSA) is 46.9 Å². The Kier molecular flexibility index (Phi) is 2.76. The van der Waals surface area contributed by atoms with Crippen molar-refractivity contribution in [2.75, 3.05) is 5.32 Å². The molecule has 0 saturated heterocycles. The molecule has 1 aliphatic rings. The van der Waals surface area contributed by atoms with Gasteiger partial charge in [0.2, 0.25) is 0 Å². The highest BCUT2D eigenvalue weighted by Gasteiger charge is 2.37. The molecule has 1 aromatic rings. The number of hydrogen-bond donors (Lipinski definition) is 1. The average molecular weight is 282 g/mol. The van der Waals surface area contributed by atoms with Crippen molar-refractivity contribution in [1.82, 2.24) is 9.78 Å². The fraction of sp³-hybridized carbons (Fsp3) is 0.455. The number of nitrogens with zero attached hydrogens (tertiary/aromatic N) is 2. The van der Waals surface area contributed by atoms with Gasteiger partial charge in [0, 0.05) is 5.54 Å². The maximum Gasteiger partial charge on any atom is 0.284 e. The minimum absolute atomic E-state index is 0.120. The molecule has 4 nitrogen and oxygen atoms in total. The SMILES string of the molecule is C#CCn1ncc(NC2(C)CC2)c(Br)c1=O. The van der Waals surface area contributed by atoms with Gasteiger partial charge in [-0.05, 0) is 35.7 Å². The highest BCUT2D eigenvalue weighted by atomic mass is 79.9. The van der Waals surface area contributed by atoms with Crippen LogP contribution in [0.4, 0.5) is 5.69 Å². The summed E-state index contributed by atoms with van der Waals surface area (Å²) in [6.45, 7) is 2.31. The molecule has 1 fully saturated rings. The molecule has 0 spiro atoms. The van der Waals surface area contributed by atoms with Crippen LogP contribution in [0.3, 0.4) is 0 Å². The second-order valence-electron chi connectivity index (χ2n) is 4.22. The smallest absolute Gasteiger partial charge is 0.284 e. The third kappa shape index (κ3) is 2.12. The first-order chi connectivity index (χ1) is 7.56. The number of hydrogen-bond acceptors (Lipinski definition) is 3. The monoisotopic (exact) mass is 281 g/mol. The second-order valence-corrected chi connectivity index (χ2v) is 5.02. The Balaban J connectivity index is 2.32. The minimum atomic E-state index is -0.202. The third-order valence-corrected chi connectivity index (χ3v) is 3.43. The summed E-state index contributed by atoms with van der Waals surface area (Å²) in [5, 5.41) is 7.31. The molecular formula is C11H12BrN3O. The van der Waals surface area contributed by atoms with Gasteiger partial charge in [0.05, 0.1) is 11.9 Å². The fourth-order valence-corrected chi connectivity index (χ4v) is 1.80. The fourth-order valence-electron chi connectivity index (χ4n) is 1.39. The lowest BCUT2D eigenvalue weighted by molar-refractivity contribution is 0.657. The van der Waals surface area contributed by atoms with Gasteiger partial charge in [-0.1, -0.05) is 5.92 Å². The van der Waals surface area contributed by atoms with Crippen molar-refractivity contribution in [3.63, 3.8) is 0 Å². The van der Waals surface area contributed by atoms with Gasteiger partial charge in [-0.25, -0.2) is 4.68 Å². The lowest BCUT2D eigenvalue weighted by Gasteiger charge is -2.14. The molecule has 0 bridgehead atoms. The van der Waals surface area contributed by atoms with Crippen LogP contribution in [0.2, 0.25) is 0 Å². The third-order valence-electron chi connectivity index (χ3n) is 2.66. The van der Waals surface area contributed by atoms with E-state index >= 15 is 0 Å². The Morgan fingerprint density at radius 2 is 2.44 bits per heavy atom. The predicted molar refractivity (Wildman–Crippen MR) is 66.3 cm³/mol. The van der Waals surface area contributed by atoms with Gasteiger partial charge in [-0.15, -0.1) is 6.42 Å². The zero-order chi connectivity index (χ0) is 11.8.